The molecule has 4 rings (SSSR count). The summed E-state index contributed by atoms with van der Waals surface area (Å²) >= 11 is 3.12. The second-order valence-electron chi connectivity index (χ2n) is 6.69. The van der Waals surface area contributed by atoms with Crippen molar-refractivity contribution in [3.05, 3.63) is 35.5 Å². The Kier molecular flexibility index (Phi) is 5.22. The van der Waals surface area contributed by atoms with Crippen molar-refractivity contribution in [2.24, 2.45) is 5.92 Å². The summed E-state index contributed by atoms with van der Waals surface area (Å²) in [5.74, 6) is 0.773. The first-order valence-corrected chi connectivity index (χ1v) is 10.8. The van der Waals surface area contributed by atoms with Gasteiger partial charge in [0.15, 0.2) is 0 Å². The second-order valence-corrected chi connectivity index (χ2v) is 8.39. The third kappa shape index (κ3) is 3.35. The number of unbranched alkanes of at least 4 members (excludes halogenated alkanes) is 1. The lowest BCUT2D eigenvalue weighted by Gasteiger charge is -2.12. The molecule has 0 radical (unpaired) electrons. The molecule has 4 aromatic rings. The maximum atomic E-state index is 4.60. The number of fused-ring (bicyclic) bond motifs is 2. The third-order valence-corrected chi connectivity index (χ3v) is 6.60. The van der Waals surface area contributed by atoms with Crippen molar-refractivity contribution in [2.75, 3.05) is 0 Å². The van der Waals surface area contributed by atoms with Gasteiger partial charge in [-0.2, -0.15) is 8.75 Å². The van der Waals surface area contributed by atoms with Crippen LogP contribution in [-0.4, -0.2) is 18.7 Å². The average Bonchev–Trinajstić information content (AvgIpc) is 3.32. The highest BCUT2D eigenvalue weighted by atomic mass is 32.1. The molecule has 0 bridgehead atoms. The molecule has 26 heavy (non-hydrogen) atoms. The lowest BCUT2D eigenvalue weighted by molar-refractivity contribution is 0.452. The minimum absolute atomic E-state index is 0.773. The van der Waals surface area contributed by atoms with Gasteiger partial charge in [-0.3, -0.25) is 9.97 Å². The van der Waals surface area contributed by atoms with E-state index in [-0.39, 0.29) is 0 Å². The average molecular weight is 383 g/mol. The van der Waals surface area contributed by atoms with Gasteiger partial charge in [0, 0.05) is 27.7 Å². The van der Waals surface area contributed by atoms with E-state index in [0.29, 0.717) is 0 Å². The van der Waals surface area contributed by atoms with Gasteiger partial charge in [-0.25, -0.2) is 0 Å². The van der Waals surface area contributed by atoms with Crippen LogP contribution in [0.3, 0.4) is 0 Å². The summed E-state index contributed by atoms with van der Waals surface area (Å²) in [6.07, 6.45) is 9.81. The second kappa shape index (κ2) is 7.76. The molecule has 0 saturated carbocycles. The van der Waals surface area contributed by atoms with Crippen LogP contribution in [0.4, 0.5) is 0 Å². The molecule has 6 heteroatoms. The van der Waals surface area contributed by atoms with E-state index < -0.39 is 0 Å². The molecule has 4 nitrogen and oxygen atoms in total. The Morgan fingerprint density at radius 2 is 1.88 bits per heavy atom. The highest BCUT2D eigenvalue weighted by Gasteiger charge is 2.17. The van der Waals surface area contributed by atoms with Gasteiger partial charge >= 0.3 is 0 Å². The zero-order valence-electron chi connectivity index (χ0n) is 15.1. The van der Waals surface area contributed by atoms with Gasteiger partial charge in [-0.05, 0) is 30.5 Å². The Hall–Kier alpha value is -1.92. The molecule has 0 amide bonds. The Balaban J connectivity index is 1.74. The maximum absolute atomic E-state index is 4.60. The number of nitrogens with zero attached hydrogens (tertiary/aromatic N) is 4. The van der Waals surface area contributed by atoms with E-state index in [2.05, 4.69) is 44.7 Å². The number of aromatic nitrogens is 4. The van der Waals surface area contributed by atoms with Crippen LogP contribution < -0.4 is 0 Å². The first kappa shape index (κ1) is 17.5. The quantitative estimate of drug-likeness (QED) is 0.386. The molecule has 0 spiro atoms. The lowest BCUT2D eigenvalue weighted by atomic mass is 9.95. The molecule has 1 aromatic carbocycles. The largest absolute Gasteiger partial charge is 0.253 e. The van der Waals surface area contributed by atoms with Crippen LogP contribution in [0.2, 0.25) is 0 Å². The predicted molar refractivity (Wildman–Crippen MR) is 111 cm³/mol. The summed E-state index contributed by atoms with van der Waals surface area (Å²) in [4.78, 5) is 11.7. The first-order chi connectivity index (χ1) is 12.8. The Labute approximate surface area is 161 Å². The van der Waals surface area contributed by atoms with Crippen molar-refractivity contribution in [2.45, 2.75) is 46.0 Å². The molecule has 1 unspecified atom stereocenters. The normalized spacial score (nSPS) is 12.8. The van der Waals surface area contributed by atoms with Crippen LogP contribution in [0.25, 0.3) is 32.5 Å². The number of hydrogen-bond donors (Lipinski definition) is 0. The molecule has 3 heterocycles. The van der Waals surface area contributed by atoms with Gasteiger partial charge in [0.1, 0.15) is 11.0 Å². The smallest absolute Gasteiger partial charge is 0.115 e. The van der Waals surface area contributed by atoms with Crippen LogP contribution in [-0.2, 0) is 6.42 Å². The van der Waals surface area contributed by atoms with E-state index in [1.165, 1.54) is 47.2 Å². The fourth-order valence-electron chi connectivity index (χ4n) is 3.44. The van der Waals surface area contributed by atoms with Crippen molar-refractivity contribution in [1.82, 2.24) is 18.7 Å². The van der Waals surface area contributed by atoms with E-state index in [1.807, 2.05) is 17.4 Å². The Bertz CT molecular complexity index is 1020. The van der Waals surface area contributed by atoms with Crippen LogP contribution in [0.15, 0.2) is 30.6 Å². The molecule has 0 aliphatic heterocycles. The molecular formula is C20H22N4S2. The minimum atomic E-state index is 0.773. The highest BCUT2D eigenvalue weighted by Crippen LogP contribution is 2.38. The van der Waals surface area contributed by atoms with Gasteiger partial charge in [-0.1, -0.05) is 39.5 Å². The summed E-state index contributed by atoms with van der Waals surface area (Å²) in [6.45, 7) is 4.57. The molecule has 0 aliphatic carbocycles. The summed E-state index contributed by atoms with van der Waals surface area (Å²) in [7, 11) is 0. The zero-order chi connectivity index (χ0) is 17.9. The summed E-state index contributed by atoms with van der Waals surface area (Å²) in [5.41, 5.74) is 4.72. The number of thiophene rings is 1. The first-order valence-electron chi connectivity index (χ1n) is 9.25. The van der Waals surface area contributed by atoms with Crippen LogP contribution in [0, 0.1) is 5.92 Å². The third-order valence-electron chi connectivity index (χ3n) is 4.93. The van der Waals surface area contributed by atoms with Crippen LogP contribution in [0.1, 0.15) is 44.4 Å². The number of rotatable bonds is 7. The maximum Gasteiger partial charge on any atom is 0.115 e. The standard InChI is InChI=1S/C20H22N4S2/c1-3-5-6-13(4-2)11-14-7-8-17(25-14)18-19-15(21-9-10-22-19)12-16-20(18)24-26-23-16/h7-10,12-13H,3-6,11H2,1-2H3. The molecular weight excluding hydrogens is 360 g/mol. The van der Waals surface area contributed by atoms with Crippen LogP contribution in [0.5, 0.6) is 0 Å². The highest BCUT2D eigenvalue weighted by molar-refractivity contribution is 7.15. The molecule has 134 valence electrons. The summed E-state index contributed by atoms with van der Waals surface area (Å²) < 4.78 is 8.97. The summed E-state index contributed by atoms with van der Waals surface area (Å²) in [5, 5.41) is 0. The van der Waals surface area contributed by atoms with E-state index in [1.54, 1.807) is 12.4 Å². The van der Waals surface area contributed by atoms with Crippen molar-refractivity contribution >= 4 is 45.1 Å². The lowest BCUT2D eigenvalue weighted by Crippen LogP contribution is -2.01. The SMILES string of the molecule is CCCCC(CC)Cc1ccc(-c2c3nccnc3cc3nsnc23)s1. The topological polar surface area (TPSA) is 51.6 Å². The molecule has 0 fully saturated rings. The van der Waals surface area contributed by atoms with Crippen molar-refractivity contribution in [1.29, 1.82) is 0 Å². The van der Waals surface area contributed by atoms with E-state index in [9.17, 15) is 0 Å². The van der Waals surface area contributed by atoms with Gasteiger partial charge < -0.3 is 0 Å². The van der Waals surface area contributed by atoms with E-state index in [0.717, 1.165) is 40.0 Å². The van der Waals surface area contributed by atoms with Gasteiger partial charge in [-0.15, -0.1) is 11.3 Å². The molecule has 1 atom stereocenters. The minimum Gasteiger partial charge on any atom is -0.253 e. The van der Waals surface area contributed by atoms with Gasteiger partial charge in [0.25, 0.3) is 0 Å². The van der Waals surface area contributed by atoms with E-state index >= 15 is 0 Å². The van der Waals surface area contributed by atoms with Crippen LogP contribution >= 0.6 is 23.1 Å². The Morgan fingerprint density at radius 1 is 1.00 bits per heavy atom. The van der Waals surface area contributed by atoms with Crippen molar-refractivity contribution in [3.8, 4) is 10.4 Å². The summed E-state index contributed by atoms with van der Waals surface area (Å²) in [6, 6.07) is 6.47. The Morgan fingerprint density at radius 3 is 2.73 bits per heavy atom. The van der Waals surface area contributed by atoms with Crippen molar-refractivity contribution in [3.63, 3.8) is 0 Å². The number of benzene rings is 1. The fourth-order valence-corrected chi connectivity index (χ4v) is 5.14. The predicted octanol–water partition coefficient (Wildman–Crippen LogP) is 6.12. The fraction of sp³-hybridized carbons (Fsp3) is 0.400. The number of hydrogen-bond acceptors (Lipinski definition) is 6. The van der Waals surface area contributed by atoms with Crippen molar-refractivity contribution < 1.29 is 0 Å². The zero-order valence-corrected chi connectivity index (χ0v) is 16.7. The monoisotopic (exact) mass is 382 g/mol. The molecule has 0 saturated heterocycles. The van der Waals surface area contributed by atoms with Gasteiger partial charge in [0.2, 0.25) is 0 Å². The molecule has 3 aromatic heterocycles. The molecule has 0 N–H and O–H groups in total. The molecule has 0 aliphatic rings. The van der Waals surface area contributed by atoms with Gasteiger partial charge in [0.05, 0.1) is 22.8 Å². The van der Waals surface area contributed by atoms with E-state index in [4.69, 9.17) is 0 Å².